The van der Waals surface area contributed by atoms with E-state index in [1.54, 1.807) is 12.1 Å². The van der Waals surface area contributed by atoms with Crippen LogP contribution in [0.25, 0.3) is 0 Å². The molecule has 0 spiro atoms. The molecule has 0 saturated heterocycles. The van der Waals surface area contributed by atoms with E-state index in [2.05, 4.69) is 26.0 Å². The lowest BCUT2D eigenvalue weighted by Gasteiger charge is -2.11. The number of carbonyl (C=O) groups is 1. The van der Waals surface area contributed by atoms with Gasteiger partial charge in [-0.3, -0.25) is 9.52 Å². The fraction of sp³-hybridized carbons (Fsp3) is 0.154. The maximum Gasteiger partial charge on any atom is 0.291 e. The van der Waals surface area contributed by atoms with Gasteiger partial charge >= 0.3 is 0 Å². The normalized spacial score (nSPS) is 11.0. The summed E-state index contributed by atoms with van der Waals surface area (Å²) in [6.45, 7) is 0. The van der Waals surface area contributed by atoms with Crippen molar-refractivity contribution in [3.63, 3.8) is 0 Å². The number of anilines is 2. The second-order valence-electron chi connectivity index (χ2n) is 4.35. The molecular formula is C13H13BrN2O5S. The monoisotopic (exact) mass is 388 g/mol. The summed E-state index contributed by atoms with van der Waals surface area (Å²) >= 11 is 3.11. The molecule has 1 aromatic heterocycles. The lowest BCUT2D eigenvalue weighted by molar-refractivity contribution is 0.0995. The molecule has 9 heteroatoms. The number of hydrogen-bond donors (Lipinski definition) is 2. The van der Waals surface area contributed by atoms with E-state index >= 15 is 0 Å². The molecule has 0 atom stereocenters. The first-order valence-electron chi connectivity index (χ1n) is 6.01. The molecule has 1 heterocycles. The smallest absolute Gasteiger partial charge is 0.291 e. The van der Waals surface area contributed by atoms with E-state index in [-0.39, 0.29) is 17.2 Å². The van der Waals surface area contributed by atoms with Crippen LogP contribution in [0.3, 0.4) is 0 Å². The zero-order chi connectivity index (χ0) is 16.3. The van der Waals surface area contributed by atoms with E-state index in [1.807, 2.05) is 0 Å². The van der Waals surface area contributed by atoms with Gasteiger partial charge in [0.2, 0.25) is 10.0 Å². The molecule has 0 saturated carbocycles. The van der Waals surface area contributed by atoms with Gasteiger partial charge in [0.05, 0.1) is 19.1 Å². The number of methoxy groups -OCH3 is 1. The van der Waals surface area contributed by atoms with Crippen LogP contribution in [0.2, 0.25) is 0 Å². The summed E-state index contributed by atoms with van der Waals surface area (Å²) in [5, 5.41) is 2.63. The van der Waals surface area contributed by atoms with Crippen LogP contribution in [0.15, 0.2) is 39.4 Å². The SMILES string of the molecule is COc1cc(NC(=O)c2ccc(Br)o2)ccc1NS(C)(=O)=O. The van der Waals surface area contributed by atoms with E-state index < -0.39 is 15.9 Å². The first kappa shape index (κ1) is 16.4. The van der Waals surface area contributed by atoms with Crippen LogP contribution in [-0.4, -0.2) is 27.7 Å². The number of nitrogens with one attached hydrogen (secondary N) is 2. The summed E-state index contributed by atoms with van der Waals surface area (Å²) in [7, 11) is -2.02. The average molecular weight is 389 g/mol. The van der Waals surface area contributed by atoms with Gasteiger partial charge in [0.15, 0.2) is 10.4 Å². The van der Waals surface area contributed by atoms with Gasteiger partial charge in [-0.15, -0.1) is 0 Å². The van der Waals surface area contributed by atoms with Crippen molar-refractivity contribution >= 4 is 43.2 Å². The highest BCUT2D eigenvalue weighted by Crippen LogP contribution is 2.29. The summed E-state index contributed by atoms with van der Waals surface area (Å²) in [6.07, 6.45) is 1.04. The molecule has 0 aliphatic carbocycles. The van der Waals surface area contributed by atoms with Crippen LogP contribution in [0.5, 0.6) is 5.75 Å². The van der Waals surface area contributed by atoms with Gasteiger partial charge in [-0.1, -0.05) is 0 Å². The lowest BCUT2D eigenvalue weighted by atomic mass is 10.2. The predicted octanol–water partition coefficient (Wildman–Crippen LogP) is 2.67. The summed E-state index contributed by atoms with van der Waals surface area (Å²) in [6, 6.07) is 7.67. The number of carbonyl (C=O) groups excluding carboxylic acids is 1. The molecule has 2 aromatic rings. The first-order valence-corrected chi connectivity index (χ1v) is 8.69. The van der Waals surface area contributed by atoms with Crippen LogP contribution in [0.4, 0.5) is 11.4 Å². The maximum atomic E-state index is 12.0. The first-order chi connectivity index (χ1) is 10.3. The van der Waals surface area contributed by atoms with Crippen molar-refractivity contribution in [2.45, 2.75) is 0 Å². The summed E-state index contributed by atoms with van der Waals surface area (Å²) < 4.78 is 35.6. The Balaban J connectivity index is 2.21. The van der Waals surface area contributed by atoms with Gasteiger partial charge in [-0.25, -0.2) is 8.42 Å². The van der Waals surface area contributed by atoms with E-state index in [0.29, 0.717) is 10.4 Å². The Labute approximate surface area is 135 Å². The van der Waals surface area contributed by atoms with Crippen LogP contribution in [0.1, 0.15) is 10.6 Å². The Hall–Kier alpha value is -2.00. The van der Waals surface area contributed by atoms with E-state index in [1.165, 1.54) is 25.3 Å². The minimum absolute atomic E-state index is 0.143. The van der Waals surface area contributed by atoms with Crippen molar-refractivity contribution in [3.8, 4) is 5.75 Å². The van der Waals surface area contributed by atoms with Crippen LogP contribution in [-0.2, 0) is 10.0 Å². The molecule has 1 aromatic carbocycles. The summed E-state index contributed by atoms with van der Waals surface area (Å²) in [4.78, 5) is 12.0. The van der Waals surface area contributed by atoms with E-state index in [0.717, 1.165) is 6.26 Å². The molecule has 22 heavy (non-hydrogen) atoms. The fourth-order valence-corrected chi connectivity index (χ4v) is 2.56. The summed E-state index contributed by atoms with van der Waals surface area (Å²) in [5.74, 6) is -0.00962. The molecule has 0 unspecified atom stereocenters. The molecule has 2 N–H and O–H groups in total. The number of halogens is 1. The van der Waals surface area contributed by atoms with Gasteiger partial charge in [-0.2, -0.15) is 0 Å². The van der Waals surface area contributed by atoms with E-state index in [9.17, 15) is 13.2 Å². The maximum absolute atomic E-state index is 12.0. The number of benzene rings is 1. The van der Waals surface area contributed by atoms with Crippen LogP contribution < -0.4 is 14.8 Å². The zero-order valence-electron chi connectivity index (χ0n) is 11.7. The molecule has 0 aliphatic heterocycles. The van der Waals surface area contributed by atoms with E-state index in [4.69, 9.17) is 9.15 Å². The zero-order valence-corrected chi connectivity index (χ0v) is 14.1. The lowest BCUT2D eigenvalue weighted by Crippen LogP contribution is -2.12. The molecule has 0 fully saturated rings. The molecule has 7 nitrogen and oxygen atoms in total. The van der Waals surface area contributed by atoms with Crippen LogP contribution >= 0.6 is 15.9 Å². The third kappa shape index (κ3) is 4.25. The van der Waals surface area contributed by atoms with Crippen molar-refractivity contribution in [1.29, 1.82) is 0 Å². The highest BCUT2D eigenvalue weighted by Gasteiger charge is 2.13. The summed E-state index contributed by atoms with van der Waals surface area (Å²) in [5.41, 5.74) is 0.720. The molecule has 0 aliphatic rings. The quantitative estimate of drug-likeness (QED) is 0.820. The number of amides is 1. The molecule has 0 radical (unpaired) electrons. The number of sulfonamides is 1. The molecular weight excluding hydrogens is 376 g/mol. The second-order valence-corrected chi connectivity index (χ2v) is 6.88. The third-order valence-corrected chi connectivity index (χ3v) is 3.57. The standard InChI is InChI=1S/C13H13BrN2O5S/c1-20-11-7-8(3-4-9(11)16-22(2,18)19)15-13(17)10-5-6-12(14)21-10/h3-7,16H,1-2H3,(H,15,17). The number of hydrogen-bond acceptors (Lipinski definition) is 5. The molecule has 118 valence electrons. The largest absolute Gasteiger partial charge is 0.494 e. The van der Waals surface area contributed by atoms with Gasteiger partial charge in [0.25, 0.3) is 5.91 Å². The third-order valence-electron chi connectivity index (χ3n) is 2.55. The minimum Gasteiger partial charge on any atom is -0.494 e. The number of furan rings is 1. The Bertz CT molecular complexity index is 801. The Kier molecular flexibility index (Phi) is 4.77. The van der Waals surface area contributed by atoms with Crippen molar-refractivity contribution < 1.29 is 22.4 Å². The highest BCUT2D eigenvalue weighted by molar-refractivity contribution is 9.10. The topological polar surface area (TPSA) is 97.6 Å². The minimum atomic E-state index is -3.42. The average Bonchev–Trinajstić information content (AvgIpc) is 2.85. The van der Waals surface area contributed by atoms with Gasteiger partial charge in [-0.05, 0) is 40.2 Å². The Morgan fingerprint density at radius 2 is 2.00 bits per heavy atom. The Morgan fingerprint density at radius 3 is 2.55 bits per heavy atom. The van der Waals surface area contributed by atoms with Crippen molar-refractivity contribution in [3.05, 3.63) is 40.8 Å². The highest BCUT2D eigenvalue weighted by atomic mass is 79.9. The Morgan fingerprint density at radius 1 is 1.27 bits per heavy atom. The van der Waals surface area contributed by atoms with Gasteiger partial charge in [0, 0.05) is 11.8 Å². The number of rotatable bonds is 5. The van der Waals surface area contributed by atoms with Crippen molar-refractivity contribution in [1.82, 2.24) is 0 Å². The fourth-order valence-electron chi connectivity index (χ4n) is 1.68. The molecule has 0 bridgehead atoms. The van der Waals surface area contributed by atoms with Gasteiger partial charge < -0.3 is 14.5 Å². The van der Waals surface area contributed by atoms with Gasteiger partial charge in [0.1, 0.15) is 5.75 Å². The van der Waals surface area contributed by atoms with Crippen molar-refractivity contribution in [2.75, 3.05) is 23.4 Å². The van der Waals surface area contributed by atoms with Crippen molar-refractivity contribution in [2.24, 2.45) is 0 Å². The number of ether oxygens (including phenoxy) is 1. The van der Waals surface area contributed by atoms with Crippen LogP contribution in [0, 0.1) is 0 Å². The molecule has 1 amide bonds. The predicted molar refractivity (Wildman–Crippen MR) is 85.8 cm³/mol. The second kappa shape index (κ2) is 6.41. The molecule has 2 rings (SSSR count).